The van der Waals surface area contributed by atoms with Crippen molar-refractivity contribution in [2.24, 2.45) is 0 Å². The maximum Gasteiger partial charge on any atom is 0.123 e. The van der Waals surface area contributed by atoms with Crippen molar-refractivity contribution in [3.63, 3.8) is 0 Å². The zero-order chi connectivity index (χ0) is 15.1. The highest BCUT2D eigenvalue weighted by atomic mass is 35.5. The smallest absolute Gasteiger partial charge is 0.123 e. The molecule has 0 aliphatic rings. The average Bonchev–Trinajstić information content (AvgIpc) is 2.49. The minimum absolute atomic E-state index is 0.436. The molecule has 112 valence electrons. The molecule has 2 aromatic carbocycles. The van der Waals surface area contributed by atoms with Gasteiger partial charge in [-0.2, -0.15) is 0 Å². The van der Waals surface area contributed by atoms with Crippen molar-refractivity contribution in [2.75, 3.05) is 20.3 Å². The summed E-state index contributed by atoms with van der Waals surface area (Å²) < 4.78 is 11.3. The van der Waals surface area contributed by atoms with Gasteiger partial charge < -0.3 is 14.8 Å². The summed E-state index contributed by atoms with van der Waals surface area (Å²) in [6.45, 7) is 1.66. The number of nitrogens with one attached hydrogen (secondary N) is 1. The molecule has 0 heterocycles. The molecule has 1 N–H and O–H groups in total. The van der Waals surface area contributed by atoms with Crippen LogP contribution in [0.2, 0.25) is 10.0 Å². The van der Waals surface area contributed by atoms with Gasteiger partial charge in [0.1, 0.15) is 24.7 Å². The zero-order valence-corrected chi connectivity index (χ0v) is 13.2. The molecule has 0 aliphatic carbocycles. The van der Waals surface area contributed by atoms with Crippen LogP contribution in [0.5, 0.6) is 11.5 Å². The first-order chi connectivity index (χ1) is 10.2. The van der Waals surface area contributed by atoms with Crippen molar-refractivity contribution in [3.8, 4) is 11.5 Å². The van der Waals surface area contributed by atoms with E-state index in [0.29, 0.717) is 29.0 Å². The number of hydrogen-bond donors (Lipinski definition) is 1. The predicted octanol–water partition coefficient (Wildman–Crippen LogP) is 4.17. The summed E-state index contributed by atoms with van der Waals surface area (Å²) in [5.41, 5.74) is 1.12. The Morgan fingerprint density at radius 1 is 0.952 bits per heavy atom. The molecule has 21 heavy (non-hydrogen) atoms. The molecular formula is C16H17Cl2NO2. The molecule has 0 atom stereocenters. The SMILES string of the molecule is CNCc1ccccc1OCCOc1ccc(Cl)c(Cl)c1. The van der Waals surface area contributed by atoms with E-state index in [1.807, 2.05) is 31.3 Å². The summed E-state index contributed by atoms with van der Waals surface area (Å²) in [6, 6.07) is 13.1. The summed E-state index contributed by atoms with van der Waals surface area (Å²) in [6.07, 6.45) is 0. The number of benzene rings is 2. The summed E-state index contributed by atoms with van der Waals surface area (Å²) >= 11 is 11.8. The molecular weight excluding hydrogens is 309 g/mol. The lowest BCUT2D eigenvalue weighted by atomic mass is 10.2. The van der Waals surface area contributed by atoms with E-state index in [2.05, 4.69) is 5.32 Å². The molecule has 0 spiro atoms. The first-order valence-electron chi connectivity index (χ1n) is 6.64. The fourth-order valence-corrected chi connectivity index (χ4v) is 2.15. The monoisotopic (exact) mass is 325 g/mol. The number of hydrogen-bond acceptors (Lipinski definition) is 3. The molecule has 0 aliphatic heterocycles. The fraction of sp³-hybridized carbons (Fsp3) is 0.250. The van der Waals surface area contributed by atoms with Crippen molar-refractivity contribution >= 4 is 23.2 Å². The number of halogens is 2. The Labute approximate surface area is 134 Å². The van der Waals surface area contributed by atoms with Crippen LogP contribution in [0, 0.1) is 0 Å². The van der Waals surface area contributed by atoms with Crippen LogP contribution in [0.3, 0.4) is 0 Å². The van der Waals surface area contributed by atoms with E-state index >= 15 is 0 Å². The highest BCUT2D eigenvalue weighted by Crippen LogP contribution is 2.26. The van der Waals surface area contributed by atoms with E-state index in [9.17, 15) is 0 Å². The molecule has 5 heteroatoms. The third-order valence-corrected chi connectivity index (χ3v) is 3.58. The number of rotatable bonds is 7. The van der Waals surface area contributed by atoms with Crippen LogP contribution in [0.15, 0.2) is 42.5 Å². The van der Waals surface area contributed by atoms with Crippen molar-refractivity contribution in [1.82, 2.24) is 5.32 Å². The van der Waals surface area contributed by atoms with Crippen molar-refractivity contribution in [2.45, 2.75) is 6.54 Å². The lowest BCUT2D eigenvalue weighted by Gasteiger charge is -2.12. The third kappa shape index (κ3) is 4.81. The lowest BCUT2D eigenvalue weighted by molar-refractivity contribution is 0.216. The van der Waals surface area contributed by atoms with Gasteiger partial charge in [-0.05, 0) is 25.2 Å². The van der Waals surface area contributed by atoms with E-state index in [0.717, 1.165) is 17.9 Å². The molecule has 0 radical (unpaired) electrons. The third-order valence-electron chi connectivity index (χ3n) is 2.84. The Bertz CT molecular complexity index is 590. The highest BCUT2D eigenvalue weighted by molar-refractivity contribution is 6.42. The van der Waals surface area contributed by atoms with E-state index in [-0.39, 0.29) is 0 Å². The Morgan fingerprint density at radius 3 is 2.48 bits per heavy atom. The van der Waals surface area contributed by atoms with E-state index < -0.39 is 0 Å². The summed E-state index contributed by atoms with van der Waals surface area (Å²) in [5.74, 6) is 1.54. The molecule has 0 bridgehead atoms. The van der Waals surface area contributed by atoms with Gasteiger partial charge in [0.2, 0.25) is 0 Å². The zero-order valence-electron chi connectivity index (χ0n) is 11.7. The second kappa shape index (κ2) is 8.13. The normalized spacial score (nSPS) is 10.4. The topological polar surface area (TPSA) is 30.5 Å². The van der Waals surface area contributed by atoms with Gasteiger partial charge in [0.25, 0.3) is 0 Å². The van der Waals surface area contributed by atoms with Crippen LogP contribution >= 0.6 is 23.2 Å². The summed E-state index contributed by atoms with van der Waals surface area (Å²) in [4.78, 5) is 0. The van der Waals surface area contributed by atoms with Gasteiger partial charge in [0.15, 0.2) is 0 Å². The van der Waals surface area contributed by atoms with Gasteiger partial charge in [-0.1, -0.05) is 41.4 Å². The van der Waals surface area contributed by atoms with Crippen LogP contribution < -0.4 is 14.8 Å². The number of para-hydroxylation sites is 1. The highest BCUT2D eigenvalue weighted by Gasteiger charge is 2.03. The first-order valence-corrected chi connectivity index (χ1v) is 7.39. The van der Waals surface area contributed by atoms with Gasteiger partial charge in [0, 0.05) is 18.2 Å². The largest absolute Gasteiger partial charge is 0.490 e. The van der Waals surface area contributed by atoms with Gasteiger partial charge in [0.05, 0.1) is 10.0 Å². The minimum atomic E-state index is 0.436. The van der Waals surface area contributed by atoms with Crippen molar-refractivity contribution in [3.05, 3.63) is 58.1 Å². The first kappa shape index (κ1) is 16.0. The van der Waals surface area contributed by atoms with E-state index in [4.69, 9.17) is 32.7 Å². The van der Waals surface area contributed by atoms with Gasteiger partial charge >= 0.3 is 0 Å². The van der Waals surface area contributed by atoms with Crippen molar-refractivity contribution in [1.29, 1.82) is 0 Å². The molecule has 2 rings (SSSR count). The molecule has 3 nitrogen and oxygen atoms in total. The van der Waals surface area contributed by atoms with E-state index in [1.165, 1.54) is 0 Å². The Morgan fingerprint density at radius 2 is 1.71 bits per heavy atom. The maximum absolute atomic E-state index is 5.93. The number of ether oxygens (including phenoxy) is 2. The molecule has 0 saturated heterocycles. The second-order valence-electron chi connectivity index (χ2n) is 4.41. The molecule has 0 saturated carbocycles. The molecule has 0 unspecified atom stereocenters. The Kier molecular flexibility index (Phi) is 6.18. The second-order valence-corrected chi connectivity index (χ2v) is 5.23. The van der Waals surface area contributed by atoms with Crippen molar-refractivity contribution < 1.29 is 9.47 Å². The lowest BCUT2D eigenvalue weighted by Crippen LogP contribution is -2.12. The van der Waals surface area contributed by atoms with Crippen LogP contribution in [0.1, 0.15) is 5.56 Å². The van der Waals surface area contributed by atoms with Crippen LogP contribution in [0.25, 0.3) is 0 Å². The minimum Gasteiger partial charge on any atom is -0.490 e. The van der Waals surface area contributed by atoms with Crippen LogP contribution in [-0.4, -0.2) is 20.3 Å². The molecule has 0 aromatic heterocycles. The summed E-state index contributed by atoms with van der Waals surface area (Å²) in [5, 5.41) is 4.11. The van der Waals surface area contributed by atoms with Gasteiger partial charge in [-0.15, -0.1) is 0 Å². The molecule has 0 fully saturated rings. The average molecular weight is 326 g/mol. The van der Waals surface area contributed by atoms with Crippen LogP contribution in [-0.2, 0) is 6.54 Å². The maximum atomic E-state index is 5.93. The Balaban J connectivity index is 1.83. The molecule has 2 aromatic rings. The fourth-order valence-electron chi connectivity index (χ4n) is 1.86. The quantitative estimate of drug-likeness (QED) is 0.775. The standard InChI is InChI=1S/C16H17Cl2NO2/c1-19-11-12-4-2-3-5-16(12)21-9-8-20-13-6-7-14(17)15(18)10-13/h2-7,10,19H,8-9,11H2,1H3. The van der Waals surface area contributed by atoms with E-state index in [1.54, 1.807) is 18.2 Å². The van der Waals surface area contributed by atoms with Gasteiger partial charge in [-0.25, -0.2) is 0 Å². The summed E-state index contributed by atoms with van der Waals surface area (Å²) in [7, 11) is 1.91. The predicted molar refractivity (Wildman–Crippen MR) is 86.7 cm³/mol. The van der Waals surface area contributed by atoms with Gasteiger partial charge in [-0.3, -0.25) is 0 Å². The molecule has 0 amide bonds. The Hall–Kier alpha value is -1.42. The van der Waals surface area contributed by atoms with Crippen LogP contribution in [0.4, 0.5) is 0 Å².